The molecule has 184 valence electrons. The number of nitriles is 1. The Balaban J connectivity index is 1.74. The molecule has 0 radical (unpaired) electrons. The predicted octanol–water partition coefficient (Wildman–Crippen LogP) is 4.87. The number of hydrogen-bond acceptors (Lipinski definition) is 6. The third kappa shape index (κ3) is 4.12. The molecule has 0 saturated carbocycles. The molecule has 1 aliphatic rings. The molecule has 1 aromatic heterocycles. The van der Waals surface area contributed by atoms with Crippen LogP contribution in [0.4, 0.5) is 5.69 Å². The number of nitrogens with zero attached hydrogens (tertiary/aromatic N) is 3. The third-order valence-electron chi connectivity index (χ3n) is 6.33. The monoisotopic (exact) mass is 522 g/mol. The van der Waals surface area contributed by atoms with Crippen molar-refractivity contribution in [3.8, 4) is 6.07 Å². The van der Waals surface area contributed by atoms with E-state index in [0.717, 1.165) is 4.90 Å². The first kappa shape index (κ1) is 25.4. The number of carbonyl (C=O) groups excluding carboxylic acids is 2. The van der Waals surface area contributed by atoms with Gasteiger partial charge in [-0.25, -0.2) is 8.42 Å². The Morgan fingerprint density at radius 2 is 1.58 bits per heavy atom. The number of hydrogen-bond donors (Lipinski definition) is 1. The number of carbonyl (C=O) groups is 2. The standard InChI is InChI=1S/C26H23ClN4O4S/c1-25(2,15-28)16-7-9-18(10-8-16)36(34,35)30-20-12-11-19(27)21-22(20)24(33)31(23(21)32)26(3,4)17-6-5-13-29-14-17/h5-14,30H,1-4H3. The Kier molecular flexibility index (Phi) is 6.15. The van der Waals surface area contributed by atoms with E-state index in [1.807, 2.05) is 0 Å². The minimum atomic E-state index is -4.13. The Morgan fingerprint density at radius 3 is 2.17 bits per heavy atom. The first-order valence-electron chi connectivity index (χ1n) is 11.0. The molecular weight excluding hydrogens is 500 g/mol. The Hall–Kier alpha value is -3.74. The number of rotatable bonds is 6. The normalized spacial score (nSPS) is 13.9. The summed E-state index contributed by atoms with van der Waals surface area (Å²) in [6.07, 6.45) is 3.14. The maximum absolute atomic E-state index is 13.6. The van der Waals surface area contributed by atoms with Gasteiger partial charge in [0.15, 0.2) is 0 Å². The Bertz CT molecular complexity index is 1530. The van der Waals surface area contributed by atoms with Crippen LogP contribution in [-0.4, -0.2) is 30.1 Å². The molecule has 0 bridgehead atoms. The summed E-state index contributed by atoms with van der Waals surface area (Å²) < 4.78 is 28.8. The number of aromatic nitrogens is 1. The van der Waals surface area contributed by atoms with Gasteiger partial charge in [0, 0.05) is 12.4 Å². The minimum absolute atomic E-state index is 0.0406. The number of fused-ring (bicyclic) bond motifs is 1. The molecule has 1 N–H and O–H groups in total. The number of pyridine rings is 1. The van der Waals surface area contributed by atoms with Gasteiger partial charge in [0.25, 0.3) is 21.8 Å². The number of halogens is 1. The van der Waals surface area contributed by atoms with Crippen molar-refractivity contribution in [1.82, 2.24) is 9.88 Å². The second-order valence-corrected chi connectivity index (χ2v) is 11.5. The maximum atomic E-state index is 13.6. The summed E-state index contributed by atoms with van der Waals surface area (Å²) >= 11 is 6.31. The maximum Gasteiger partial charge on any atom is 0.264 e. The topological polar surface area (TPSA) is 120 Å². The summed E-state index contributed by atoms with van der Waals surface area (Å²) in [4.78, 5) is 32.0. The molecule has 2 amide bonds. The van der Waals surface area contributed by atoms with Crippen molar-refractivity contribution in [3.05, 3.63) is 88.2 Å². The van der Waals surface area contributed by atoms with Crippen molar-refractivity contribution in [2.75, 3.05) is 4.72 Å². The van der Waals surface area contributed by atoms with Crippen LogP contribution >= 0.6 is 11.6 Å². The van der Waals surface area contributed by atoms with Gasteiger partial charge < -0.3 is 0 Å². The van der Waals surface area contributed by atoms with Gasteiger partial charge in [-0.15, -0.1) is 0 Å². The van der Waals surface area contributed by atoms with Crippen LogP contribution in [-0.2, 0) is 21.0 Å². The lowest BCUT2D eigenvalue weighted by atomic mass is 9.87. The lowest BCUT2D eigenvalue weighted by Gasteiger charge is -2.34. The van der Waals surface area contributed by atoms with E-state index >= 15 is 0 Å². The second kappa shape index (κ2) is 8.73. The SMILES string of the molecule is CC(C)(C#N)c1ccc(S(=O)(=O)Nc2ccc(Cl)c3c2C(=O)N(C(C)(C)c2cccnc2)C3=O)cc1. The second-order valence-electron chi connectivity index (χ2n) is 9.46. The first-order valence-corrected chi connectivity index (χ1v) is 12.8. The van der Waals surface area contributed by atoms with Gasteiger partial charge in [-0.05, 0) is 69.2 Å². The van der Waals surface area contributed by atoms with Crippen molar-refractivity contribution >= 4 is 39.1 Å². The predicted molar refractivity (Wildman–Crippen MR) is 135 cm³/mol. The quantitative estimate of drug-likeness (QED) is 0.461. The summed E-state index contributed by atoms with van der Waals surface area (Å²) in [5, 5.41) is 9.36. The van der Waals surface area contributed by atoms with Crippen LogP contribution in [0.1, 0.15) is 59.5 Å². The summed E-state index contributed by atoms with van der Waals surface area (Å²) in [5.74, 6) is -1.30. The fourth-order valence-electron chi connectivity index (χ4n) is 4.09. The summed E-state index contributed by atoms with van der Waals surface area (Å²) in [6.45, 7) is 6.86. The Labute approximate surface area is 214 Å². The molecule has 0 atom stereocenters. The van der Waals surface area contributed by atoms with Gasteiger partial charge in [-0.1, -0.05) is 29.8 Å². The number of nitrogens with one attached hydrogen (secondary N) is 1. The fourth-order valence-corrected chi connectivity index (χ4v) is 5.40. The van der Waals surface area contributed by atoms with E-state index in [2.05, 4.69) is 15.8 Å². The van der Waals surface area contributed by atoms with Gasteiger partial charge >= 0.3 is 0 Å². The van der Waals surface area contributed by atoms with E-state index in [1.165, 1.54) is 24.3 Å². The molecule has 1 aliphatic heterocycles. The number of anilines is 1. The summed E-state index contributed by atoms with van der Waals surface area (Å²) in [6, 6.07) is 14.3. The molecule has 10 heteroatoms. The minimum Gasteiger partial charge on any atom is -0.279 e. The molecule has 2 heterocycles. The molecule has 0 spiro atoms. The molecule has 0 saturated heterocycles. The van der Waals surface area contributed by atoms with Crippen molar-refractivity contribution in [3.63, 3.8) is 0 Å². The van der Waals surface area contributed by atoms with Gasteiger partial charge in [-0.2, -0.15) is 5.26 Å². The highest BCUT2D eigenvalue weighted by Gasteiger charge is 2.47. The molecule has 2 aromatic carbocycles. The largest absolute Gasteiger partial charge is 0.279 e. The lowest BCUT2D eigenvalue weighted by molar-refractivity contribution is 0.0475. The van der Waals surface area contributed by atoms with Crippen LogP contribution in [0.3, 0.4) is 0 Å². The molecule has 8 nitrogen and oxygen atoms in total. The molecule has 4 rings (SSSR count). The van der Waals surface area contributed by atoms with E-state index in [-0.39, 0.29) is 26.7 Å². The zero-order chi connectivity index (χ0) is 26.5. The van der Waals surface area contributed by atoms with Crippen LogP contribution in [0, 0.1) is 11.3 Å². The molecule has 0 unspecified atom stereocenters. The van der Waals surface area contributed by atoms with Crippen molar-refractivity contribution < 1.29 is 18.0 Å². The van der Waals surface area contributed by atoms with E-state index in [0.29, 0.717) is 11.1 Å². The van der Waals surface area contributed by atoms with Crippen LogP contribution in [0.5, 0.6) is 0 Å². The van der Waals surface area contributed by atoms with Crippen LogP contribution in [0.25, 0.3) is 0 Å². The molecule has 36 heavy (non-hydrogen) atoms. The van der Waals surface area contributed by atoms with E-state index in [9.17, 15) is 23.3 Å². The van der Waals surface area contributed by atoms with Crippen LogP contribution < -0.4 is 4.72 Å². The van der Waals surface area contributed by atoms with Crippen molar-refractivity contribution in [1.29, 1.82) is 5.26 Å². The average Bonchev–Trinajstić information content (AvgIpc) is 3.13. The molecule has 3 aromatic rings. The number of imide groups is 1. The van der Waals surface area contributed by atoms with E-state index in [4.69, 9.17) is 11.6 Å². The zero-order valence-corrected chi connectivity index (χ0v) is 21.6. The van der Waals surface area contributed by atoms with E-state index in [1.54, 1.807) is 64.4 Å². The van der Waals surface area contributed by atoms with Crippen molar-refractivity contribution in [2.24, 2.45) is 0 Å². The van der Waals surface area contributed by atoms with Gasteiger partial charge in [0.2, 0.25) is 0 Å². The molecule has 0 fully saturated rings. The zero-order valence-electron chi connectivity index (χ0n) is 20.0. The number of amides is 2. The Morgan fingerprint density at radius 1 is 0.944 bits per heavy atom. The van der Waals surface area contributed by atoms with Gasteiger partial charge in [0.1, 0.15) is 0 Å². The highest BCUT2D eigenvalue weighted by molar-refractivity contribution is 7.92. The molecular formula is C26H23ClN4O4S. The highest BCUT2D eigenvalue weighted by atomic mass is 35.5. The molecule has 0 aliphatic carbocycles. The average molecular weight is 523 g/mol. The third-order valence-corrected chi connectivity index (χ3v) is 8.02. The van der Waals surface area contributed by atoms with Crippen LogP contribution in [0.2, 0.25) is 5.02 Å². The summed E-state index contributed by atoms with van der Waals surface area (Å²) in [5.41, 5.74) is -0.823. The van der Waals surface area contributed by atoms with Gasteiger partial charge in [0.05, 0.1) is 43.8 Å². The fraction of sp³-hybridized carbons (Fsp3) is 0.231. The van der Waals surface area contributed by atoms with Crippen LogP contribution in [0.15, 0.2) is 65.8 Å². The lowest BCUT2D eigenvalue weighted by Crippen LogP contribution is -2.45. The van der Waals surface area contributed by atoms with Gasteiger partial charge in [-0.3, -0.25) is 24.2 Å². The number of sulfonamides is 1. The van der Waals surface area contributed by atoms with Crippen molar-refractivity contribution in [2.45, 2.75) is 43.5 Å². The smallest absolute Gasteiger partial charge is 0.264 e. The van der Waals surface area contributed by atoms with E-state index < -0.39 is 32.8 Å². The highest BCUT2D eigenvalue weighted by Crippen LogP contribution is 2.41. The number of benzene rings is 2. The summed E-state index contributed by atoms with van der Waals surface area (Å²) in [7, 11) is -4.13. The first-order chi connectivity index (χ1) is 16.8.